The number of benzene rings is 1. The van der Waals surface area contributed by atoms with Gasteiger partial charge in [-0.3, -0.25) is 4.79 Å². The van der Waals surface area contributed by atoms with Gasteiger partial charge in [-0.25, -0.2) is 8.42 Å². The largest absolute Gasteiger partial charge is 0.342 e. The van der Waals surface area contributed by atoms with Crippen molar-refractivity contribution < 1.29 is 13.2 Å². The first-order valence-electron chi connectivity index (χ1n) is 8.91. The van der Waals surface area contributed by atoms with Gasteiger partial charge in [-0.15, -0.1) is 0 Å². The molecular weight excluding hydrogens is 338 g/mol. The standard InChI is InChI=1S/C18H27N3O3S/c1-13-12-21(14(2)11-19-13)25(23,24)18-5-4-16-6-8-20(15(3)22)9-7-17(16)10-18/h4-5,10,13-14,19H,6-9,11-12H2,1-3H3. The third-order valence-electron chi connectivity index (χ3n) is 5.24. The summed E-state index contributed by atoms with van der Waals surface area (Å²) in [7, 11) is -3.51. The molecule has 1 fully saturated rings. The molecule has 2 heterocycles. The topological polar surface area (TPSA) is 69.7 Å². The van der Waals surface area contributed by atoms with Gasteiger partial charge in [-0.05, 0) is 49.9 Å². The molecule has 3 rings (SSSR count). The summed E-state index contributed by atoms with van der Waals surface area (Å²) in [6.45, 7) is 8.01. The smallest absolute Gasteiger partial charge is 0.243 e. The molecule has 2 aliphatic heterocycles. The van der Waals surface area contributed by atoms with Crippen LogP contribution in [0.2, 0.25) is 0 Å². The molecule has 25 heavy (non-hydrogen) atoms. The first kappa shape index (κ1) is 18.4. The lowest BCUT2D eigenvalue weighted by Gasteiger charge is -2.36. The number of carbonyl (C=O) groups is 1. The highest BCUT2D eigenvalue weighted by atomic mass is 32.2. The Balaban J connectivity index is 1.88. The molecule has 1 N–H and O–H groups in total. The lowest BCUT2D eigenvalue weighted by molar-refractivity contribution is -0.128. The zero-order chi connectivity index (χ0) is 18.2. The van der Waals surface area contributed by atoms with E-state index in [9.17, 15) is 13.2 Å². The Morgan fingerprint density at radius 3 is 2.52 bits per heavy atom. The molecule has 6 nitrogen and oxygen atoms in total. The second-order valence-electron chi connectivity index (χ2n) is 7.17. The van der Waals surface area contributed by atoms with E-state index in [0.29, 0.717) is 37.5 Å². The molecule has 0 aromatic heterocycles. The fourth-order valence-electron chi connectivity index (χ4n) is 3.64. The van der Waals surface area contributed by atoms with Crippen LogP contribution < -0.4 is 5.32 Å². The first-order chi connectivity index (χ1) is 11.8. The maximum Gasteiger partial charge on any atom is 0.243 e. The van der Waals surface area contributed by atoms with Crippen LogP contribution in [0.1, 0.15) is 31.9 Å². The monoisotopic (exact) mass is 365 g/mol. The van der Waals surface area contributed by atoms with Crippen LogP contribution in [0.25, 0.3) is 0 Å². The number of hydrogen-bond acceptors (Lipinski definition) is 4. The van der Waals surface area contributed by atoms with Gasteiger partial charge in [0.1, 0.15) is 0 Å². The number of sulfonamides is 1. The van der Waals surface area contributed by atoms with Crippen molar-refractivity contribution in [1.29, 1.82) is 0 Å². The van der Waals surface area contributed by atoms with E-state index in [1.807, 2.05) is 30.9 Å². The van der Waals surface area contributed by atoms with Crippen molar-refractivity contribution in [3.8, 4) is 0 Å². The Hall–Kier alpha value is -1.44. The number of hydrogen-bond donors (Lipinski definition) is 1. The highest BCUT2D eigenvalue weighted by Crippen LogP contribution is 2.25. The first-order valence-corrected chi connectivity index (χ1v) is 10.4. The molecule has 2 aliphatic rings. The number of carbonyl (C=O) groups excluding carboxylic acids is 1. The van der Waals surface area contributed by atoms with Crippen LogP contribution in [-0.2, 0) is 27.7 Å². The minimum absolute atomic E-state index is 0.0618. The normalized spacial score (nSPS) is 25.3. The van der Waals surface area contributed by atoms with Crippen LogP contribution in [0.4, 0.5) is 0 Å². The predicted octanol–water partition coefficient (Wildman–Crippen LogP) is 1.00. The predicted molar refractivity (Wildman–Crippen MR) is 96.9 cm³/mol. The summed E-state index contributed by atoms with van der Waals surface area (Å²) in [5, 5.41) is 3.32. The van der Waals surface area contributed by atoms with Crippen molar-refractivity contribution in [2.75, 3.05) is 26.2 Å². The molecule has 2 unspecified atom stereocenters. The van der Waals surface area contributed by atoms with E-state index < -0.39 is 10.0 Å². The van der Waals surface area contributed by atoms with Crippen molar-refractivity contribution in [3.63, 3.8) is 0 Å². The second-order valence-corrected chi connectivity index (χ2v) is 9.06. The molecule has 1 saturated heterocycles. The van der Waals surface area contributed by atoms with Gasteiger partial charge in [0.2, 0.25) is 15.9 Å². The molecule has 1 aromatic carbocycles. The summed E-state index contributed by atoms with van der Waals surface area (Å²) in [6, 6.07) is 5.54. The SMILES string of the molecule is CC(=O)N1CCc2ccc(S(=O)(=O)N3CC(C)NCC3C)cc2CC1. The molecule has 0 saturated carbocycles. The molecule has 0 radical (unpaired) electrons. The van der Waals surface area contributed by atoms with E-state index in [2.05, 4.69) is 5.32 Å². The van der Waals surface area contributed by atoms with Crippen LogP contribution in [0.5, 0.6) is 0 Å². The van der Waals surface area contributed by atoms with E-state index in [0.717, 1.165) is 17.5 Å². The number of nitrogens with zero attached hydrogens (tertiary/aromatic N) is 2. The second kappa shape index (κ2) is 7.05. The van der Waals surface area contributed by atoms with Gasteiger partial charge in [-0.1, -0.05) is 6.07 Å². The van der Waals surface area contributed by atoms with Gasteiger partial charge in [0.25, 0.3) is 0 Å². The summed E-state index contributed by atoms with van der Waals surface area (Å²) in [4.78, 5) is 13.8. The van der Waals surface area contributed by atoms with Crippen molar-refractivity contribution >= 4 is 15.9 Å². The minimum Gasteiger partial charge on any atom is -0.342 e. The Bertz CT molecular complexity index is 763. The molecular formula is C18H27N3O3S. The molecule has 0 spiro atoms. The number of nitrogens with one attached hydrogen (secondary N) is 1. The molecule has 1 aromatic rings. The zero-order valence-electron chi connectivity index (χ0n) is 15.2. The van der Waals surface area contributed by atoms with E-state index in [1.54, 1.807) is 17.3 Å². The maximum absolute atomic E-state index is 13.1. The van der Waals surface area contributed by atoms with Gasteiger partial charge in [0.15, 0.2) is 0 Å². The van der Waals surface area contributed by atoms with E-state index in [-0.39, 0.29) is 18.0 Å². The highest BCUT2D eigenvalue weighted by molar-refractivity contribution is 7.89. The quantitative estimate of drug-likeness (QED) is 0.849. The van der Waals surface area contributed by atoms with Crippen LogP contribution >= 0.6 is 0 Å². The lowest BCUT2D eigenvalue weighted by Crippen LogP contribution is -2.56. The average molecular weight is 365 g/mol. The molecule has 138 valence electrons. The van der Waals surface area contributed by atoms with Crippen LogP contribution in [0.15, 0.2) is 23.1 Å². The Kier molecular flexibility index (Phi) is 5.18. The number of amides is 1. The van der Waals surface area contributed by atoms with Crippen molar-refractivity contribution in [2.24, 2.45) is 0 Å². The fourth-order valence-corrected chi connectivity index (χ4v) is 5.41. The lowest BCUT2D eigenvalue weighted by atomic mass is 10.0. The molecule has 7 heteroatoms. The minimum atomic E-state index is -3.51. The average Bonchev–Trinajstić information content (AvgIpc) is 2.79. The van der Waals surface area contributed by atoms with Gasteiger partial charge < -0.3 is 10.2 Å². The third-order valence-corrected chi connectivity index (χ3v) is 7.21. The van der Waals surface area contributed by atoms with Crippen molar-refractivity contribution in [3.05, 3.63) is 29.3 Å². The fraction of sp³-hybridized carbons (Fsp3) is 0.611. The van der Waals surface area contributed by atoms with Gasteiger partial charge >= 0.3 is 0 Å². The van der Waals surface area contributed by atoms with Gasteiger partial charge in [0, 0.05) is 45.2 Å². The summed E-state index contributed by atoms with van der Waals surface area (Å²) in [6.07, 6.45) is 1.47. The number of rotatable bonds is 2. The Morgan fingerprint density at radius 1 is 1.16 bits per heavy atom. The molecule has 0 aliphatic carbocycles. The zero-order valence-corrected chi connectivity index (χ0v) is 16.0. The summed E-state index contributed by atoms with van der Waals surface area (Å²) >= 11 is 0. The highest BCUT2D eigenvalue weighted by Gasteiger charge is 2.33. The van der Waals surface area contributed by atoms with Crippen molar-refractivity contribution in [2.45, 2.75) is 50.6 Å². The van der Waals surface area contributed by atoms with E-state index >= 15 is 0 Å². The molecule has 1 amide bonds. The Morgan fingerprint density at radius 2 is 1.84 bits per heavy atom. The summed E-state index contributed by atoms with van der Waals surface area (Å²) in [5.41, 5.74) is 2.19. The van der Waals surface area contributed by atoms with Crippen LogP contribution in [0.3, 0.4) is 0 Å². The van der Waals surface area contributed by atoms with Crippen molar-refractivity contribution in [1.82, 2.24) is 14.5 Å². The third kappa shape index (κ3) is 3.73. The molecule has 0 bridgehead atoms. The number of piperazine rings is 1. The van der Waals surface area contributed by atoms with Gasteiger partial charge in [0.05, 0.1) is 4.90 Å². The van der Waals surface area contributed by atoms with Crippen LogP contribution in [0, 0.1) is 0 Å². The van der Waals surface area contributed by atoms with E-state index in [1.165, 1.54) is 0 Å². The number of fused-ring (bicyclic) bond motifs is 1. The summed E-state index contributed by atoms with van der Waals surface area (Å²) in [5.74, 6) is 0.0734. The maximum atomic E-state index is 13.1. The Labute approximate surface area is 150 Å². The summed E-state index contributed by atoms with van der Waals surface area (Å²) < 4.78 is 27.8. The van der Waals surface area contributed by atoms with E-state index in [4.69, 9.17) is 0 Å². The van der Waals surface area contributed by atoms with Crippen LogP contribution in [-0.4, -0.2) is 61.8 Å². The molecule has 2 atom stereocenters. The van der Waals surface area contributed by atoms with Gasteiger partial charge in [-0.2, -0.15) is 4.31 Å².